The number of carbonyl (C=O) groups excluding carboxylic acids is 2. The zero-order valence-electron chi connectivity index (χ0n) is 16.7. The average Bonchev–Trinajstić information content (AvgIpc) is 2.99. The van der Waals surface area contributed by atoms with Crippen LogP contribution in [0.25, 0.3) is 0 Å². The number of morpholine rings is 1. The number of nitrogens with one attached hydrogen (secondary N) is 1. The molecule has 1 aromatic heterocycles. The van der Waals surface area contributed by atoms with Crippen LogP contribution < -0.4 is 5.32 Å². The summed E-state index contributed by atoms with van der Waals surface area (Å²) in [4.78, 5) is 32.7. The van der Waals surface area contributed by atoms with Crippen LogP contribution in [0.15, 0.2) is 42.7 Å². The number of amides is 3. The van der Waals surface area contributed by atoms with Crippen LogP contribution in [-0.4, -0.2) is 71.9 Å². The highest BCUT2D eigenvalue weighted by Crippen LogP contribution is 2.26. The summed E-state index contributed by atoms with van der Waals surface area (Å²) in [5.74, 6) is -3.40. The summed E-state index contributed by atoms with van der Waals surface area (Å²) < 4.78 is 38.5. The van der Waals surface area contributed by atoms with E-state index in [9.17, 15) is 18.4 Å². The van der Waals surface area contributed by atoms with Crippen LogP contribution in [0.1, 0.15) is 16.8 Å². The average molecular weight is 432 g/mol. The topological polar surface area (TPSA) is 84.0 Å². The molecule has 4 rings (SSSR count). The second-order valence-corrected chi connectivity index (χ2v) is 7.41. The number of carbonyl (C=O) groups is 2. The number of halogens is 2. The van der Waals surface area contributed by atoms with E-state index in [0.29, 0.717) is 31.7 Å². The highest BCUT2D eigenvalue weighted by Gasteiger charge is 2.43. The molecule has 2 aliphatic rings. The second kappa shape index (κ2) is 8.94. The summed E-state index contributed by atoms with van der Waals surface area (Å²) in [6.07, 6.45) is 3.66. The van der Waals surface area contributed by atoms with E-state index in [1.165, 1.54) is 17.2 Å². The molecule has 1 unspecified atom stereocenters. The second-order valence-electron chi connectivity index (χ2n) is 7.41. The molecule has 2 saturated heterocycles. The third-order valence-electron chi connectivity index (χ3n) is 5.18. The van der Waals surface area contributed by atoms with Crippen molar-refractivity contribution < 1.29 is 27.8 Å². The Labute approximate surface area is 177 Å². The first-order valence-electron chi connectivity index (χ1n) is 9.94. The van der Waals surface area contributed by atoms with Crippen molar-refractivity contribution in [2.45, 2.75) is 12.2 Å². The lowest BCUT2D eigenvalue weighted by atomic mass is 10.1. The smallest absolute Gasteiger partial charge is 0.322 e. The van der Waals surface area contributed by atoms with Gasteiger partial charge < -0.3 is 24.6 Å². The minimum Gasteiger partial charge on any atom is -0.347 e. The highest BCUT2D eigenvalue weighted by atomic mass is 19.2. The zero-order valence-corrected chi connectivity index (χ0v) is 16.7. The molecule has 3 heterocycles. The third kappa shape index (κ3) is 4.80. The lowest BCUT2D eigenvalue weighted by molar-refractivity contribution is -0.258. The molecule has 2 aromatic rings. The molecule has 0 saturated carbocycles. The molecule has 10 heteroatoms. The fourth-order valence-corrected chi connectivity index (χ4v) is 3.66. The van der Waals surface area contributed by atoms with Gasteiger partial charge in [-0.1, -0.05) is 0 Å². The van der Waals surface area contributed by atoms with E-state index >= 15 is 0 Å². The number of pyridine rings is 1. The van der Waals surface area contributed by atoms with Crippen molar-refractivity contribution in [1.82, 2.24) is 14.8 Å². The Kier molecular flexibility index (Phi) is 6.10. The van der Waals surface area contributed by atoms with Crippen molar-refractivity contribution in [2.24, 2.45) is 0 Å². The van der Waals surface area contributed by atoms with Crippen LogP contribution in [0, 0.1) is 11.6 Å². The van der Waals surface area contributed by atoms with Gasteiger partial charge >= 0.3 is 6.03 Å². The van der Waals surface area contributed by atoms with Gasteiger partial charge in [-0.15, -0.1) is 0 Å². The van der Waals surface area contributed by atoms with E-state index in [-0.39, 0.29) is 31.3 Å². The zero-order chi connectivity index (χ0) is 21.8. The molecule has 2 aliphatic heterocycles. The van der Waals surface area contributed by atoms with Gasteiger partial charge in [0.05, 0.1) is 31.9 Å². The first-order chi connectivity index (χ1) is 15.0. The Bertz CT molecular complexity index is 962. The van der Waals surface area contributed by atoms with Gasteiger partial charge in [-0.3, -0.25) is 9.78 Å². The fraction of sp³-hybridized carbons (Fsp3) is 0.381. The predicted molar refractivity (Wildman–Crippen MR) is 106 cm³/mol. The number of ether oxygens (including phenoxy) is 2. The molecule has 8 nitrogen and oxygen atoms in total. The summed E-state index contributed by atoms with van der Waals surface area (Å²) in [5.41, 5.74) is 0.599. The molecular formula is C21H22F2N4O4. The van der Waals surface area contributed by atoms with Crippen LogP contribution in [0.5, 0.6) is 0 Å². The summed E-state index contributed by atoms with van der Waals surface area (Å²) in [7, 11) is 0. The van der Waals surface area contributed by atoms with Gasteiger partial charge in [0.2, 0.25) is 5.79 Å². The van der Waals surface area contributed by atoms with Crippen LogP contribution >= 0.6 is 0 Å². The van der Waals surface area contributed by atoms with E-state index < -0.39 is 23.5 Å². The van der Waals surface area contributed by atoms with Gasteiger partial charge in [0.25, 0.3) is 5.91 Å². The number of anilines is 1. The standard InChI is InChI=1S/C21H22F2N4O4/c22-17-5-4-16(11-18(17)23)25-20(29)27-7-2-9-30-21(14-27)13-26(8-10-31-21)19(28)15-3-1-6-24-12-15/h1,3-6,11-12H,2,7-10,13-14H2,(H,25,29). The van der Waals surface area contributed by atoms with E-state index in [1.54, 1.807) is 23.2 Å². The number of rotatable bonds is 2. The summed E-state index contributed by atoms with van der Waals surface area (Å²) in [6, 6.07) is 6.04. The van der Waals surface area contributed by atoms with Crippen molar-refractivity contribution in [3.05, 3.63) is 59.9 Å². The van der Waals surface area contributed by atoms with Crippen molar-refractivity contribution in [2.75, 3.05) is 44.7 Å². The normalized spacial score (nSPS) is 21.6. The molecule has 1 N–H and O–H groups in total. The lowest BCUT2D eigenvalue weighted by Gasteiger charge is -2.43. The van der Waals surface area contributed by atoms with Crippen LogP contribution in [0.3, 0.4) is 0 Å². The molecule has 1 aromatic carbocycles. The number of nitrogens with zero attached hydrogens (tertiary/aromatic N) is 3. The SMILES string of the molecule is O=C(Nc1ccc(F)c(F)c1)N1CCCOC2(C1)CN(C(=O)c1cccnc1)CCO2. The number of hydrogen-bond acceptors (Lipinski definition) is 5. The molecule has 1 spiro atoms. The maximum absolute atomic E-state index is 13.5. The Hall–Kier alpha value is -3.11. The molecule has 0 aliphatic carbocycles. The predicted octanol–water partition coefficient (Wildman–Crippen LogP) is 2.48. The monoisotopic (exact) mass is 432 g/mol. The van der Waals surface area contributed by atoms with Gasteiger partial charge in [0, 0.05) is 37.2 Å². The van der Waals surface area contributed by atoms with Crippen LogP contribution in [-0.2, 0) is 9.47 Å². The van der Waals surface area contributed by atoms with Crippen molar-refractivity contribution in [3.8, 4) is 0 Å². The molecule has 31 heavy (non-hydrogen) atoms. The minimum atomic E-state index is -1.17. The first kappa shape index (κ1) is 21.1. The van der Waals surface area contributed by atoms with E-state index in [4.69, 9.17) is 9.47 Å². The fourth-order valence-electron chi connectivity index (χ4n) is 3.66. The molecule has 164 valence electrons. The van der Waals surface area contributed by atoms with Crippen molar-refractivity contribution >= 4 is 17.6 Å². The Morgan fingerprint density at radius 1 is 1.03 bits per heavy atom. The van der Waals surface area contributed by atoms with E-state index in [1.807, 2.05) is 0 Å². The molecule has 0 radical (unpaired) electrons. The largest absolute Gasteiger partial charge is 0.347 e. The first-order valence-corrected chi connectivity index (χ1v) is 9.94. The molecule has 1 atom stereocenters. The number of benzene rings is 1. The summed E-state index contributed by atoms with van der Waals surface area (Å²) in [6.45, 7) is 1.61. The van der Waals surface area contributed by atoms with Gasteiger partial charge in [0.15, 0.2) is 11.6 Å². The molecule has 2 fully saturated rings. The van der Waals surface area contributed by atoms with E-state index in [0.717, 1.165) is 12.1 Å². The number of aromatic nitrogens is 1. The molecule has 3 amide bonds. The van der Waals surface area contributed by atoms with Crippen LogP contribution in [0.2, 0.25) is 0 Å². The maximum Gasteiger partial charge on any atom is 0.322 e. The van der Waals surface area contributed by atoms with Gasteiger partial charge in [-0.2, -0.15) is 0 Å². The lowest BCUT2D eigenvalue weighted by Crippen LogP contribution is -2.60. The quantitative estimate of drug-likeness (QED) is 0.788. The summed E-state index contributed by atoms with van der Waals surface area (Å²) in [5, 5.41) is 2.57. The van der Waals surface area contributed by atoms with Crippen molar-refractivity contribution in [1.29, 1.82) is 0 Å². The summed E-state index contributed by atoms with van der Waals surface area (Å²) >= 11 is 0. The Morgan fingerprint density at radius 2 is 1.84 bits per heavy atom. The van der Waals surface area contributed by atoms with Crippen LogP contribution in [0.4, 0.5) is 19.3 Å². The molecular weight excluding hydrogens is 410 g/mol. The maximum atomic E-state index is 13.5. The Balaban J connectivity index is 1.47. The number of hydrogen-bond donors (Lipinski definition) is 1. The molecule has 0 bridgehead atoms. The Morgan fingerprint density at radius 3 is 2.61 bits per heavy atom. The number of urea groups is 1. The third-order valence-corrected chi connectivity index (χ3v) is 5.18. The van der Waals surface area contributed by atoms with Crippen molar-refractivity contribution in [3.63, 3.8) is 0 Å². The van der Waals surface area contributed by atoms with Gasteiger partial charge in [-0.05, 0) is 30.7 Å². The minimum absolute atomic E-state index is 0.0827. The van der Waals surface area contributed by atoms with E-state index in [2.05, 4.69) is 10.3 Å². The van der Waals surface area contributed by atoms with Gasteiger partial charge in [-0.25, -0.2) is 13.6 Å². The highest BCUT2D eigenvalue weighted by molar-refractivity contribution is 5.94. The van der Waals surface area contributed by atoms with Gasteiger partial charge in [0.1, 0.15) is 0 Å².